The molecule has 1 amide bonds. The van der Waals surface area contributed by atoms with Crippen molar-refractivity contribution in [2.24, 2.45) is 5.41 Å². The number of carbonyl (C=O) groups is 1. The molecule has 178 valence electrons. The van der Waals surface area contributed by atoms with E-state index in [1.54, 1.807) is 15.8 Å². The number of hydrogen-bond acceptors (Lipinski definition) is 3. The van der Waals surface area contributed by atoms with Gasteiger partial charge in [-0.15, -0.1) is 11.3 Å². The summed E-state index contributed by atoms with van der Waals surface area (Å²) in [7, 11) is 4.63. The molecule has 1 aromatic carbocycles. The van der Waals surface area contributed by atoms with E-state index < -0.39 is 16.9 Å². The molecular formula is C25H27BF2N2O2S2. The zero-order valence-electron chi connectivity index (χ0n) is 19.0. The number of nitrogens with zero attached hydrogens (tertiary/aromatic N) is 2. The third kappa shape index (κ3) is 3.88. The van der Waals surface area contributed by atoms with E-state index in [9.17, 15) is 17.8 Å². The first-order valence-electron chi connectivity index (χ1n) is 12.0. The lowest BCUT2D eigenvalue weighted by Crippen LogP contribution is -2.40. The Morgan fingerprint density at radius 3 is 2.35 bits per heavy atom. The Morgan fingerprint density at radius 2 is 1.68 bits per heavy atom. The lowest BCUT2D eigenvalue weighted by Gasteiger charge is -2.38. The molecule has 3 heterocycles. The van der Waals surface area contributed by atoms with Gasteiger partial charge in [-0.3, -0.25) is 4.79 Å². The van der Waals surface area contributed by atoms with Gasteiger partial charge in [-0.25, -0.2) is 17.3 Å². The SMILES string of the molecule is [B]c1ccc2c(c1)C1(CCC3(CC3)CC1)CN2C(=O)c1csc(S(=O)N2CCC(F)(F)CC2)c1. The molecule has 34 heavy (non-hydrogen) atoms. The molecule has 2 spiro atoms. The Balaban J connectivity index is 1.23. The van der Waals surface area contributed by atoms with Crippen LogP contribution in [0, 0.1) is 5.41 Å². The van der Waals surface area contributed by atoms with E-state index in [1.165, 1.54) is 42.6 Å². The zero-order valence-corrected chi connectivity index (χ0v) is 20.7. The van der Waals surface area contributed by atoms with E-state index >= 15 is 0 Å². The van der Waals surface area contributed by atoms with E-state index in [2.05, 4.69) is 0 Å². The summed E-state index contributed by atoms with van der Waals surface area (Å²) in [6.45, 7) is 0.827. The minimum atomic E-state index is -2.68. The second-order valence-electron chi connectivity index (χ2n) is 10.6. The minimum Gasteiger partial charge on any atom is -0.307 e. The summed E-state index contributed by atoms with van der Waals surface area (Å²) in [4.78, 5) is 15.5. The van der Waals surface area contributed by atoms with Gasteiger partial charge in [0.1, 0.15) is 23.0 Å². The summed E-state index contributed by atoms with van der Waals surface area (Å²) in [6.07, 6.45) is 6.66. The third-order valence-electron chi connectivity index (χ3n) is 8.50. The monoisotopic (exact) mass is 500 g/mol. The van der Waals surface area contributed by atoms with Gasteiger partial charge < -0.3 is 4.90 Å². The molecule has 1 unspecified atom stereocenters. The standard InChI is InChI=1S/C25H27BF2N2O2S2/c26-18-1-2-20-19(14-18)24(7-5-23(3-4-23)6-8-24)16-30(20)22(31)17-13-21(33-15-17)34(32)29-11-9-25(27,28)10-12-29/h1-2,13-15H,3-12,16H2. The number of fused-ring (bicyclic) bond motifs is 2. The Bertz CT molecular complexity index is 1160. The molecule has 2 saturated carbocycles. The molecule has 0 N–H and O–H groups in total. The summed E-state index contributed by atoms with van der Waals surface area (Å²) in [6, 6.07) is 7.54. The van der Waals surface area contributed by atoms with Crippen LogP contribution in [-0.2, 0) is 16.4 Å². The van der Waals surface area contributed by atoms with Gasteiger partial charge in [-0.1, -0.05) is 17.6 Å². The van der Waals surface area contributed by atoms with Crippen LogP contribution in [0.25, 0.3) is 0 Å². The van der Waals surface area contributed by atoms with E-state index in [-0.39, 0.29) is 37.3 Å². The highest BCUT2D eigenvalue weighted by Gasteiger charge is 2.53. The molecular weight excluding hydrogens is 473 g/mol. The van der Waals surface area contributed by atoms with E-state index in [4.69, 9.17) is 7.85 Å². The van der Waals surface area contributed by atoms with Gasteiger partial charge in [0.15, 0.2) is 0 Å². The van der Waals surface area contributed by atoms with Gasteiger partial charge in [0.2, 0.25) is 0 Å². The first-order valence-corrected chi connectivity index (χ1v) is 14.0. The van der Waals surface area contributed by atoms with Crippen molar-refractivity contribution in [2.75, 3.05) is 24.5 Å². The van der Waals surface area contributed by atoms with Crippen LogP contribution in [0.2, 0.25) is 0 Å². The first-order chi connectivity index (χ1) is 16.2. The summed E-state index contributed by atoms with van der Waals surface area (Å²) in [5.74, 6) is -2.78. The van der Waals surface area contributed by atoms with Crippen molar-refractivity contribution in [3.8, 4) is 0 Å². The molecule has 1 atom stereocenters. The highest BCUT2D eigenvalue weighted by molar-refractivity contribution is 7.85. The van der Waals surface area contributed by atoms with Crippen molar-refractivity contribution in [3.63, 3.8) is 0 Å². The Labute approximate surface area is 206 Å². The lowest BCUT2D eigenvalue weighted by molar-refractivity contribution is -0.0405. The summed E-state index contributed by atoms with van der Waals surface area (Å²) >= 11 is 1.26. The molecule has 0 bridgehead atoms. The summed E-state index contributed by atoms with van der Waals surface area (Å²) in [5, 5.41) is 1.75. The van der Waals surface area contributed by atoms with Crippen LogP contribution < -0.4 is 10.4 Å². The number of amides is 1. The van der Waals surface area contributed by atoms with E-state index in [0.717, 1.165) is 24.0 Å². The number of piperidine rings is 1. The average molecular weight is 500 g/mol. The van der Waals surface area contributed by atoms with Crippen LogP contribution in [0.4, 0.5) is 14.5 Å². The number of rotatable bonds is 3. The number of thiophene rings is 1. The van der Waals surface area contributed by atoms with Crippen LogP contribution in [-0.4, -0.2) is 47.8 Å². The quantitative estimate of drug-likeness (QED) is 0.581. The topological polar surface area (TPSA) is 40.6 Å². The second-order valence-corrected chi connectivity index (χ2v) is 13.3. The second kappa shape index (κ2) is 7.97. The third-order valence-corrected chi connectivity index (χ3v) is 11.2. The van der Waals surface area contributed by atoms with Crippen molar-refractivity contribution in [3.05, 3.63) is 40.8 Å². The maximum atomic E-state index is 13.6. The highest BCUT2D eigenvalue weighted by atomic mass is 32.2. The highest BCUT2D eigenvalue weighted by Crippen LogP contribution is 2.62. The van der Waals surface area contributed by atoms with Crippen LogP contribution in [0.1, 0.15) is 67.3 Å². The smallest absolute Gasteiger partial charge is 0.259 e. The van der Waals surface area contributed by atoms with Crippen molar-refractivity contribution in [1.82, 2.24) is 4.31 Å². The predicted octanol–water partition coefficient (Wildman–Crippen LogP) is 4.55. The molecule has 3 fully saturated rings. The van der Waals surface area contributed by atoms with Gasteiger partial charge in [0.05, 0.1) is 5.56 Å². The number of benzene rings is 1. The fraction of sp³-hybridized carbons (Fsp3) is 0.560. The zero-order chi connectivity index (χ0) is 23.7. The summed E-state index contributed by atoms with van der Waals surface area (Å²) < 4.78 is 42.1. The summed E-state index contributed by atoms with van der Waals surface area (Å²) in [5.41, 5.74) is 3.84. The number of hydrogen-bond donors (Lipinski definition) is 0. The van der Waals surface area contributed by atoms with Gasteiger partial charge in [-0.2, -0.15) is 0 Å². The maximum Gasteiger partial charge on any atom is 0.259 e. The van der Waals surface area contributed by atoms with Crippen LogP contribution in [0.5, 0.6) is 0 Å². The molecule has 9 heteroatoms. The number of halogens is 2. The molecule has 2 aliphatic heterocycles. The van der Waals surface area contributed by atoms with Crippen molar-refractivity contribution < 1.29 is 17.8 Å². The first kappa shape index (κ1) is 22.9. The van der Waals surface area contributed by atoms with Crippen LogP contribution in [0.3, 0.4) is 0 Å². The van der Waals surface area contributed by atoms with Crippen molar-refractivity contribution >= 4 is 47.2 Å². The lowest BCUT2D eigenvalue weighted by atomic mass is 9.66. The Kier molecular flexibility index (Phi) is 5.36. The van der Waals surface area contributed by atoms with Crippen molar-refractivity contribution in [2.45, 2.75) is 66.9 Å². The normalized spacial score (nSPS) is 25.4. The molecule has 2 aromatic rings. The number of carbonyl (C=O) groups excluding carboxylic acids is 1. The molecule has 1 aromatic heterocycles. The Morgan fingerprint density at radius 1 is 1.00 bits per heavy atom. The van der Waals surface area contributed by atoms with Gasteiger partial charge >= 0.3 is 0 Å². The maximum absolute atomic E-state index is 13.6. The number of anilines is 1. The largest absolute Gasteiger partial charge is 0.307 e. The van der Waals surface area contributed by atoms with Gasteiger partial charge in [-0.05, 0) is 61.6 Å². The van der Waals surface area contributed by atoms with Gasteiger partial charge in [0, 0.05) is 49.0 Å². The molecule has 2 radical (unpaired) electrons. The molecule has 1 saturated heterocycles. The minimum absolute atomic E-state index is 0.0467. The molecule has 4 nitrogen and oxygen atoms in total. The number of alkyl halides is 2. The van der Waals surface area contributed by atoms with Crippen LogP contribution in [0.15, 0.2) is 33.9 Å². The fourth-order valence-electron chi connectivity index (χ4n) is 6.01. The molecule has 6 rings (SSSR count). The predicted molar refractivity (Wildman–Crippen MR) is 132 cm³/mol. The van der Waals surface area contributed by atoms with Gasteiger partial charge in [0.25, 0.3) is 11.8 Å². The van der Waals surface area contributed by atoms with E-state index in [0.29, 0.717) is 21.7 Å². The van der Waals surface area contributed by atoms with Crippen molar-refractivity contribution in [1.29, 1.82) is 0 Å². The van der Waals surface area contributed by atoms with Crippen LogP contribution >= 0.6 is 11.3 Å². The average Bonchev–Trinajstić information content (AvgIpc) is 3.27. The molecule has 2 aliphatic carbocycles. The Hall–Kier alpha value is -1.58. The molecule has 4 aliphatic rings. The van der Waals surface area contributed by atoms with E-state index in [1.807, 2.05) is 23.1 Å². The fourth-order valence-corrected chi connectivity index (χ4v) is 8.41.